The summed E-state index contributed by atoms with van der Waals surface area (Å²) in [7, 11) is 0. The molecule has 0 spiro atoms. The Hall–Kier alpha value is -0.210. The lowest BCUT2D eigenvalue weighted by molar-refractivity contribution is -0.153. The molecule has 0 N–H and O–H groups in total. The number of carbonyl (C=O) groups excluding carboxylic acids is 1. The van der Waals surface area contributed by atoms with E-state index in [0.717, 1.165) is 12.8 Å². The zero-order valence-corrected chi connectivity index (χ0v) is 10.1. The highest BCUT2D eigenvalue weighted by Crippen LogP contribution is 2.44. The normalized spacial score (nSPS) is 33.4. The number of fused-ring (bicyclic) bond motifs is 2. The van der Waals surface area contributed by atoms with Crippen LogP contribution in [0.2, 0.25) is 0 Å². The van der Waals surface area contributed by atoms with Crippen molar-refractivity contribution in [3.05, 3.63) is 12.2 Å². The summed E-state index contributed by atoms with van der Waals surface area (Å²) >= 11 is 11.6. The van der Waals surface area contributed by atoms with Crippen molar-refractivity contribution in [3.8, 4) is 0 Å². The maximum Gasteiger partial charge on any atom is 0.312 e. The maximum absolute atomic E-state index is 11.8. The van der Waals surface area contributed by atoms with E-state index in [1.807, 2.05) is 0 Å². The highest BCUT2D eigenvalue weighted by atomic mass is 35.5. The van der Waals surface area contributed by atoms with Crippen molar-refractivity contribution in [1.82, 2.24) is 0 Å². The Balaban J connectivity index is 1.95. The monoisotopic (exact) mass is 248 g/mol. The quantitative estimate of drug-likeness (QED) is 0.436. The summed E-state index contributed by atoms with van der Waals surface area (Å²) in [6.07, 6.45) is 6.65. The standard InChI is InChI=1S/C11H14Cl2O2/c1-2-11(12,13)15-10(14)9-6-7-3-4-8(9)5-7/h3-4,7-9H,2,5-6H2,1H3. The van der Waals surface area contributed by atoms with E-state index in [9.17, 15) is 4.79 Å². The van der Waals surface area contributed by atoms with Crippen molar-refractivity contribution in [3.63, 3.8) is 0 Å². The van der Waals surface area contributed by atoms with E-state index >= 15 is 0 Å². The van der Waals surface area contributed by atoms with Gasteiger partial charge in [-0.2, -0.15) is 0 Å². The number of ether oxygens (including phenoxy) is 1. The fraction of sp³-hybridized carbons (Fsp3) is 0.727. The van der Waals surface area contributed by atoms with E-state index in [1.165, 1.54) is 0 Å². The number of hydrogen-bond donors (Lipinski definition) is 0. The molecule has 0 heterocycles. The summed E-state index contributed by atoms with van der Waals surface area (Å²) in [6.45, 7) is 1.79. The van der Waals surface area contributed by atoms with Gasteiger partial charge in [0.05, 0.1) is 5.92 Å². The Morgan fingerprint density at radius 1 is 1.47 bits per heavy atom. The molecular weight excluding hydrogens is 235 g/mol. The Morgan fingerprint density at radius 2 is 2.20 bits per heavy atom. The van der Waals surface area contributed by atoms with Crippen LogP contribution in [0.15, 0.2) is 12.2 Å². The number of hydrogen-bond acceptors (Lipinski definition) is 2. The van der Waals surface area contributed by atoms with Crippen LogP contribution in [0.5, 0.6) is 0 Å². The molecule has 4 heteroatoms. The van der Waals surface area contributed by atoms with Gasteiger partial charge in [-0.05, 0) is 24.7 Å². The topological polar surface area (TPSA) is 26.3 Å². The molecule has 1 saturated carbocycles. The number of halogens is 2. The van der Waals surface area contributed by atoms with E-state index in [2.05, 4.69) is 12.2 Å². The largest absolute Gasteiger partial charge is 0.429 e. The molecule has 84 valence electrons. The first kappa shape index (κ1) is 11.3. The molecule has 2 bridgehead atoms. The third-order valence-corrected chi connectivity index (χ3v) is 3.93. The lowest BCUT2D eigenvalue weighted by Gasteiger charge is -2.23. The molecule has 0 amide bonds. The van der Waals surface area contributed by atoms with Crippen molar-refractivity contribution in [2.75, 3.05) is 0 Å². The average molecular weight is 249 g/mol. The minimum Gasteiger partial charge on any atom is -0.429 e. The van der Waals surface area contributed by atoms with Gasteiger partial charge in [-0.1, -0.05) is 42.3 Å². The Kier molecular flexibility index (Phi) is 3.00. The number of allylic oxidation sites excluding steroid dienone is 2. The molecule has 0 aromatic heterocycles. The van der Waals surface area contributed by atoms with Crippen LogP contribution in [-0.2, 0) is 9.53 Å². The first-order valence-electron chi connectivity index (χ1n) is 5.31. The third-order valence-electron chi connectivity index (χ3n) is 3.24. The highest BCUT2D eigenvalue weighted by molar-refractivity contribution is 6.47. The van der Waals surface area contributed by atoms with E-state index in [-0.39, 0.29) is 11.9 Å². The summed E-state index contributed by atoms with van der Waals surface area (Å²) in [6, 6.07) is 0. The minimum atomic E-state index is -1.36. The van der Waals surface area contributed by atoms with Gasteiger partial charge in [0.15, 0.2) is 0 Å². The predicted octanol–water partition coefficient (Wildman–Crippen LogP) is 3.28. The SMILES string of the molecule is CCC(Cl)(Cl)OC(=O)C1CC2C=CC1C2. The van der Waals surface area contributed by atoms with Crippen molar-refractivity contribution in [2.24, 2.45) is 17.8 Å². The number of rotatable bonds is 3. The molecule has 2 aliphatic carbocycles. The van der Waals surface area contributed by atoms with Crippen LogP contribution in [0.4, 0.5) is 0 Å². The molecule has 1 fully saturated rings. The Morgan fingerprint density at radius 3 is 2.67 bits per heavy atom. The van der Waals surface area contributed by atoms with Crippen molar-refractivity contribution in [1.29, 1.82) is 0 Å². The van der Waals surface area contributed by atoms with Gasteiger partial charge >= 0.3 is 5.97 Å². The Bertz CT molecular complexity index is 299. The van der Waals surface area contributed by atoms with Gasteiger partial charge in [0.25, 0.3) is 4.52 Å². The van der Waals surface area contributed by atoms with Crippen LogP contribution in [0, 0.1) is 17.8 Å². The molecule has 0 radical (unpaired) electrons. The van der Waals surface area contributed by atoms with Gasteiger partial charge in [-0.3, -0.25) is 4.79 Å². The second-order valence-corrected chi connectivity index (χ2v) is 5.71. The van der Waals surface area contributed by atoms with Crippen molar-refractivity contribution in [2.45, 2.75) is 30.7 Å². The number of carbonyl (C=O) groups is 1. The van der Waals surface area contributed by atoms with Crippen molar-refractivity contribution < 1.29 is 9.53 Å². The fourth-order valence-corrected chi connectivity index (χ4v) is 2.50. The lowest BCUT2D eigenvalue weighted by Crippen LogP contribution is -2.29. The summed E-state index contributed by atoms with van der Waals surface area (Å²) in [4.78, 5) is 11.8. The molecule has 3 atom stereocenters. The zero-order chi connectivity index (χ0) is 11.1. The van der Waals surface area contributed by atoms with Crippen LogP contribution >= 0.6 is 23.2 Å². The molecule has 0 aliphatic heterocycles. The molecule has 0 saturated heterocycles. The molecule has 3 unspecified atom stereocenters. The number of alkyl halides is 2. The molecule has 2 rings (SSSR count). The summed E-state index contributed by atoms with van der Waals surface area (Å²) < 4.78 is 3.72. The Labute approximate surface area is 99.6 Å². The summed E-state index contributed by atoms with van der Waals surface area (Å²) in [5, 5.41) is 0. The second-order valence-electron chi connectivity index (χ2n) is 4.30. The first-order valence-corrected chi connectivity index (χ1v) is 6.06. The van der Waals surface area contributed by atoms with Gasteiger partial charge < -0.3 is 4.74 Å². The van der Waals surface area contributed by atoms with E-state index < -0.39 is 4.52 Å². The molecular formula is C11H14Cl2O2. The maximum atomic E-state index is 11.8. The van der Waals surface area contributed by atoms with E-state index in [4.69, 9.17) is 27.9 Å². The second kappa shape index (κ2) is 3.99. The average Bonchev–Trinajstić information content (AvgIpc) is 2.78. The molecule has 2 aliphatic rings. The zero-order valence-electron chi connectivity index (χ0n) is 8.58. The van der Waals surface area contributed by atoms with Crippen molar-refractivity contribution >= 4 is 29.2 Å². The van der Waals surface area contributed by atoms with Gasteiger partial charge in [0, 0.05) is 6.42 Å². The number of esters is 1. The van der Waals surface area contributed by atoms with Gasteiger partial charge in [0.1, 0.15) is 0 Å². The van der Waals surface area contributed by atoms with E-state index in [1.54, 1.807) is 6.92 Å². The fourth-order valence-electron chi connectivity index (χ4n) is 2.35. The van der Waals surface area contributed by atoms with Gasteiger partial charge in [-0.25, -0.2) is 0 Å². The smallest absolute Gasteiger partial charge is 0.312 e. The molecule has 0 aromatic rings. The van der Waals surface area contributed by atoms with Crippen LogP contribution < -0.4 is 0 Å². The predicted molar refractivity (Wildman–Crippen MR) is 59.7 cm³/mol. The summed E-state index contributed by atoms with van der Waals surface area (Å²) in [5.41, 5.74) is 0. The molecule has 15 heavy (non-hydrogen) atoms. The van der Waals surface area contributed by atoms with Crippen LogP contribution in [0.3, 0.4) is 0 Å². The van der Waals surface area contributed by atoms with Crippen LogP contribution in [0.25, 0.3) is 0 Å². The minimum absolute atomic E-state index is 0.0385. The third kappa shape index (κ3) is 2.31. The van der Waals surface area contributed by atoms with Crippen LogP contribution in [0.1, 0.15) is 26.2 Å². The van der Waals surface area contributed by atoms with Gasteiger partial charge in [0.2, 0.25) is 0 Å². The van der Waals surface area contributed by atoms with E-state index in [0.29, 0.717) is 18.3 Å². The summed E-state index contributed by atoms with van der Waals surface area (Å²) in [5.74, 6) is 0.597. The molecule has 0 aromatic carbocycles. The van der Waals surface area contributed by atoms with Gasteiger partial charge in [-0.15, -0.1) is 0 Å². The first-order chi connectivity index (χ1) is 7.02. The van der Waals surface area contributed by atoms with Crippen LogP contribution in [-0.4, -0.2) is 10.5 Å². The highest BCUT2D eigenvalue weighted by Gasteiger charge is 2.42. The lowest BCUT2D eigenvalue weighted by atomic mass is 9.94. The molecule has 2 nitrogen and oxygen atoms in total.